The monoisotopic (exact) mass is 634 g/mol. The average Bonchev–Trinajstić information content (AvgIpc) is 3.16. The second kappa shape index (κ2) is 11.7. The Labute approximate surface area is 282 Å². The lowest BCUT2D eigenvalue weighted by Gasteiger charge is -2.25. The molecule has 0 aliphatic rings. The highest BCUT2D eigenvalue weighted by Crippen LogP contribution is 2.46. The van der Waals surface area contributed by atoms with Crippen LogP contribution in [0, 0.1) is 11.6 Å². The average molecular weight is 635 g/mol. The fourth-order valence-electron chi connectivity index (χ4n) is 7.19. The summed E-state index contributed by atoms with van der Waals surface area (Å²) < 4.78 is 28.0. The summed E-state index contributed by atoms with van der Waals surface area (Å²) in [5, 5.41) is 6.78. The van der Waals surface area contributed by atoms with Crippen molar-refractivity contribution < 1.29 is 8.78 Å². The summed E-state index contributed by atoms with van der Waals surface area (Å²) in [5.74, 6) is -0.522. The maximum Gasteiger partial charge on any atom is 0.123 e. The molecular formula is C45H28F2N2. The van der Waals surface area contributed by atoms with Crippen LogP contribution >= 0.6 is 0 Å². The summed E-state index contributed by atoms with van der Waals surface area (Å²) in [4.78, 5) is 6.58. The van der Waals surface area contributed by atoms with Gasteiger partial charge in [0.05, 0.1) is 11.9 Å². The maximum atomic E-state index is 14.1. The van der Waals surface area contributed by atoms with Gasteiger partial charge in [-0.1, -0.05) is 91.0 Å². The molecular weight excluding hydrogens is 607 g/mol. The van der Waals surface area contributed by atoms with Gasteiger partial charge < -0.3 is 4.90 Å². The number of nitrogens with zero attached hydrogens (tertiary/aromatic N) is 2. The third-order valence-electron chi connectivity index (χ3n) is 9.45. The van der Waals surface area contributed by atoms with Gasteiger partial charge in [-0.05, 0) is 132 Å². The number of rotatable bonds is 6. The predicted octanol–water partition coefficient (Wildman–Crippen LogP) is 12.7. The van der Waals surface area contributed by atoms with E-state index in [9.17, 15) is 8.78 Å². The van der Waals surface area contributed by atoms with Crippen LogP contribution in [0.2, 0.25) is 0 Å². The minimum Gasteiger partial charge on any atom is -0.309 e. The van der Waals surface area contributed by atoms with Gasteiger partial charge in [0, 0.05) is 17.6 Å². The number of aromatic nitrogens is 1. The van der Waals surface area contributed by atoms with Crippen LogP contribution in [0.1, 0.15) is 0 Å². The maximum absolute atomic E-state index is 14.1. The first-order chi connectivity index (χ1) is 24.1. The molecule has 0 radical (unpaired) electrons. The molecule has 0 N–H and O–H groups in total. The van der Waals surface area contributed by atoms with Gasteiger partial charge in [0.25, 0.3) is 0 Å². The standard InChI is InChI=1S/C45H28F2N2/c46-33-16-8-29(9-17-33)38-22-14-32-15-23-40-42(30-10-18-34(47)19-11-30)27-43(41-25-24-39(38)44(32)45(40)41)31-12-20-36(21-13-31)49(35-5-2-1-3-6-35)37-7-4-26-48-28-37/h1-28H. The minimum absolute atomic E-state index is 0.256. The number of para-hydroxylation sites is 1. The Morgan fingerprint density at radius 3 is 1.53 bits per heavy atom. The van der Waals surface area contributed by atoms with Crippen LogP contribution in [0.15, 0.2) is 170 Å². The van der Waals surface area contributed by atoms with E-state index in [0.717, 1.165) is 82.8 Å². The first kappa shape index (κ1) is 28.8. The van der Waals surface area contributed by atoms with Gasteiger partial charge in [-0.3, -0.25) is 4.98 Å². The van der Waals surface area contributed by atoms with Crippen LogP contribution in [-0.2, 0) is 0 Å². The fourth-order valence-corrected chi connectivity index (χ4v) is 7.19. The van der Waals surface area contributed by atoms with E-state index in [1.807, 2.05) is 54.7 Å². The summed E-state index contributed by atoms with van der Waals surface area (Å²) in [7, 11) is 0. The van der Waals surface area contributed by atoms with E-state index in [1.165, 1.54) is 24.3 Å². The van der Waals surface area contributed by atoms with E-state index in [4.69, 9.17) is 0 Å². The molecule has 0 aliphatic carbocycles. The molecule has 0 atom stereocenters. The van der Waals surface area contributed by atoms with Crippen LogP contribution in [0.4, 0.5) is 25.8 Å². The van der Waals surface area contributed by atoms with Gasteiger partial charge in [0.2, 0.25) is 0 Å². The van der Waals surface area contributed by atoms with E-state index in [-0.39, 0.29) is 11.6 Å². The van der Waals surface area contributed by atoms with Gasteiger partial charge in [-0.25, -0.2) is 8.78 Å². The highest BCUT2D eigenvalue weighted by Gasteiger charge is 2.19. The Hall–Kier alpha value is -6.39. The number of halogens is 2. The van der Waals surface area contributed by atoms with Crippen LogP contribution in [-0.4, -0.2) is 4.98 Å². The summed E-state index contributed by atoms with van der Waals surface area (Å²) in [5.41, 5.74) is 9.19. The topological polar surface area (TPSA) is 16.1 Å². The van der Waals surface area contributed by atoms with Crippen LogP contribution in [0.25, 0.3) is 65.7 Å². The molecule has 4 heteroatoms. The van der Waals surface area contributed by atoms with Gasteiger partial charge >= 0.3 is 0 Å². The smallest absolute Gasteiger partial charge is 0.123 e. The lowest BCUT2D eigenvalue weighted by Crippen LogP contribution is -2.09. The van der Waals surface area contributed by atoms with E-state index < -0.39 is 0 Å². The second-order valence-electron chi connectivity index (χ2n) is 12.3. The molecule has 0 aliphatic heterocycles. The van der Waals surface area contributed by atoms with Gasteiger partial charge in [0.1, 0.15) is 11.6 Å². The summed E-state index contributed by atoms with van der Waals surface area (Å²) in [6.07, 6.45) is 3.65. The van der Waals surface area contributed by atoms with Crippen molar-refractivity contribution in [1.82, 2.24) is 4.98 Å². The molecule has 0 fully saturated rings. The number of hydrogen-bond acceptors (Lipinski definition) is 2. The first-order valence-corrected chi connectivity index (χ1v) is 16.2. The Morgan fingerprint density at radius 2 is 0.918 bits per heavy atom. The molecule has 9 rings (SSSR count). The van der Waals surface area contributed by atoms with Crippen molar-refractivity contribution in [3.05, 3.63) is 182 Å². The zero-order chi connectivity index (χ0) is 32.9. The summed E-state index contributed by atoms with van der Waals surface area (Å²) in [6.45, 7) is 0. The molecule has 0 spiro atoms. The Balaban J connectivity index is 1.28. The molecule has 1 aromatic heterocycles. The number of benzene rings is 8. The van der Waals surface area contributed by atoms with Gasteiger partial charge in [-0.15, -0.1) is 0 Å². The van der Waals surface area contributed by atoms with E-state index in [0.29, 0.717) is 0 Å². The Bertz CT molecular complexity index is 2540. The fraction of sp³-hybridized carbons (Fsp3) is 0. The van der Waals surface area contributed by atoms with Gasteiger partial charge in [-0.2, -0.15) is 0 Å². The van der Waals surface area contributed by atoms with E-state index in [2.05, 4.69) is 94.8 Å². The van der Waals surface area contributed by atoms with Crippen molar-refractivity contribution in [3.63, 3.8) is 0 Å². The summed E-state index contributed by atoms with van der Waals surface area (Å²) in [6, 6.07) is 51.6. The molecule has 232 valence electrons. The van der Waals surface area contributed by atoms with Crippen LogP contribution in [0.5, 0.6) is 0 Å². The van der Waals surface area contributed by atoms with E-state index in [1.54, 1.807) is 6.20 Å². The van der Waals surface area contributed by atoms with Crippen molar-refractivity contribution in [2.24, 2.45) is 0 Å². The minimum atomic E-state index is -0.266. The highest BCUT2D eigenvalue weighted by atomic mass is 19.1. The van der Waals surface area contributed by atoms with Crippen molar-refractivity contribution in [2.45, 2.75) is 0 Å². The Kier molecular flexibility index (Phi) is 6.87. The Morgan fingerprint density at radius 1 is 0.408 bits per heavy atom. The molecule has 0 unspecified atom stereocenters. The second-order valence-corrected chi connectivity index (χ2v) is 12.3. The lowest BCUT2D eigenvalue weighted by atomic mass is 9.84. The molecule has 8 aromatic carbocycles. The van der Waals surface area contributed by atoms with Gasteiger partial charge in [0.15, 0.2) is 0 Å². The molecule has 9 aromatic rings. The molecule has 0 saturated heterocycles. The number of hydrogen-bond donors (Lipinski definition) is 0. The summed E-state index contributed by atoms with van der Waals surface area (Å²) >= 11 is 0. The lowest BCUT2D eigenvalue weighted by molar-refractivity contribution is 0.627. The van der Waals surface area contributed by atoms with Crippen molar-refractivity contribution in [1.29, 1.82) is 0 Å². The van der Waals surface area contributed by atoms with Crippen molar-refractivity contribution >= 4 is 49.4 Å². The third-order valence-corrected chi connectivity index (χ3v) is 9.45. The first-order valence-electron chi connectivity index (χ1n) is 16.2. The largest absolute Gasteiger partial charge is 0.309 e. The molecule has 0 saturated carbocycles. The number of pyridine rings is 1. The predicted molar refractivity (Wildman–Crippen MR) is 199 cm³/mol. The molecule has 49 heavy (non-hydrogen) atoms. The zero-order valence-corrected chi connectivity index (χ0v) is 26.3. The molecule has 0 amide bonds. The normalized spacial score (nSPS) is 11.5. The highest BCUT2D eigenvalue weighted by molar-refractivity contribution is 6.30. The number of anilines is 3. The van der Waals surface area contributed by atoms with Crippen molar-refractivity contribution in [2.75, 3.05) is 4.90 Å². The SMILES string of the molecule is Fc1ccc(-c2ccc3ccc4c(-c5ccc(F)cc5)cc(-c5ccc(N(c6ccccc6)c6cccnc6)cc5)c5ccc2c3c45)cc1. The zero-order valence-electron chi connectivity index (χ0n) is 26.3. The molecule has 0 bridgehead atoms. The molecule has 1 heterocycles. The van der Waals surface area contributed by atoms with Crippen LogP contribution in [0.3, 0.4) is 0 Å². The molecule has 2 nitrogen and oxygen atoms in total. The van der Waals surface area contributed by atoms with E-state index >= 15 is 0 Å². The third kappa shape index (κ3) is 4.97. The van der Waals surface area contributed by atoms with Crippen molar-refractivity contribution in [3.8, 4) is 33.4 Å². The quantitative estimate of drug-likeness (QED) is 0.169. The van der Waals surface area contributed by atoms with Crippen LogP contribution < -0.4 is 4.90 Å².